The summed E-state index contributed by atoms with van der Waals surface area (Å²) in [6.45, 7) is 1.59. The van der Waals surface area contributed by atoms with Gasteiger partial charge in [0.15, 0.2) is 5.96 Å². The highest BCUT2D eigenvalue weighted by atomic mass is 19.1. The minimum atomic E-state index is -0.335. The number of hydrogen-bond acceptors (Lipinski definition) is 3. The number of guanidine groups is 1. The molecule has 2 N–H and O–H groups in total. The molecule has 0 atom stereocenters. The molecule has 1 heterocycles. The van der Waals surface area contributed by atoms with Crippen molar-refractivity contribution >= 4 is 5.96 Å². The lowest BCUT2D eigenvalue weighted by Gasteiger charge is -2.11. The first-order chi connectivity index (χ1) is 11.7. The summed E-state index contributed by atoms with van der Waals surface area (Å²) in [5, 5.41) is 6.56. The lowest BCUT2D eigenvalue weighted by atomic mass is 10.3. The number of aromatic nitrogens is 1. The Kier molecular flexibility index (Phi) is 5.25. The largest absolute Gasteiger partial charge is 0.439 e. The van der Waals surface area contributed by atoms with Crippen LogP contribution in [0.2, 0.25) is 0 Å². The van der Waals surface area contributed by atoms with Crippen LogP contribution in [0, 0.1) is 11.7 Å². The highest BCUT2D eigenvalue weighted by Gasteiger charge is 2.20. The molecule has 0 unspecified atom stereocenters. The molecule has 1 aliphatic carbocycles. The fourth-order valence-electron chi connectivity index (χ4n) is 2.20. The molecule has 1 fully saturated rings. The van der Waals surface area contributed by atoms with Crippen molar-refractivity contribution in [1.82, 2.24) is 15.6 Å². The van der Waals surface area contributed by atoms with Crippen LogP contribution in [0.1, 0.15) is 18.4 Å². The second-order valence-corrected chi connectivity index (χ2v) is 5.81. The fraction of sp³-hybridized carbons (Fsp3) is 0.333. The molecule has 1 saturated carbocycles. The lowest BCUT2D eigenvalue weighted by Crippen LogP contribution is -2.37. The Hall–Kier alpha value is -2.63. The van der Waals surface area contributed by atoms with Crippen molar-refractivity contribution in [2.45, 2.75) is 19.4 Å². The maximum atomic E-state index is 13.1. The molecule has 0 saturated heterocycles. The number of nitrogens with zero attached hydrogens (tertiary/aromatic N) is 2. The third kappa shape index (κ3) is 4.94. The minimum Gasteiger partial charge on any atom is -0.439 e. The van der Waals surface area contributed by atoms with Gasteiger partial charge in [-0.25, -0.2) is 9.37 Å². The van der Waals surface area contributed by atoms with E-state index < -0.39 is 0 Å². The molecular weight excluding hydrogens is 307 g/mol. The summed E-state index contributed by atoms with van der Waals surface area (Å²) >= 11 is 0. The molecule has 2 aromatic rings. The zero-order chi connectivity index (χ0) is 16.8. The van der Waals surface area contributed by atoms with Crippen molar-refractivity contribution < 1.29 is 9.13 Å². The molecule has 3 rings (SSSR count). The Morgan fingerprint density at radius 2 is 2.17 bits per heavy atom. The van der Waals surface area contributed by atoms with Gasteiger partial charge in [0.05, 0.1) is 0 Å². The van der Waals surface area contributed by atoms with Gasteiger partial charge in [0.2, 0.25) is 5.88 Å². The average molecular weight is 328 g/mol. The molecule has 1 aromatic carbocycles. The van der Waals surface area contributed by atoms with Crippen molar-refractivity contribution in [3.05, 3.63) is 54.0 Å². The van der Waals surface area contributed by atoms with E-state index in [1.54, 1.807) is 31.4 Å². The van der Waals surface area contributed by atoms with Crippen molar-refractivity contribution in [2.24, 2.45) is 10.9 Å². The zero-order valence-corrected chi connectivity index (χ0v) is 13.6. The van der Waals surface area contributed by atoms with Crippen LogP contribution in [-0.2, 0) is 6.54 Å². The molecular formula is C18H21FN4O. The summed E-state index contributed by atoms with van der Waals surface area (Å²) in [4.78, 5) is 8.44. The van der Waals surface area contributed by atoms with Gasteiger partial charge in [-0.2, -0.15) is 0 Å². The third-order valence-electron chi connectivity index (χ3n) is 3.75. The SMILES string of the molecule is CN=C(NCc1ccc(Oc2cccc(F)c2)nc1)NCC1CC1. The third-order valence-corrected chi connectivity index (χ3v) is 3.75. The second kappa shape index (κ2) is 7.77. The molecule has 1 aliphatic rings. The van der Waals surface area contributed by atoms with E-state index in [0.29, 0.717) is 18.2 Å². The first-order valence-electron chi connectivity index (χ1n) is 8.06. The van der Waals surface area contributed by atoms with Gasteiger partial charge in [0.25, 0.3) is 0 Å². The van der Waals surface area contributed by atoms with Crippen LogP contribution in [0.25, 0.3) is 0 Å². The van der Waals surface area contributed by atoms with Crippen molar-refractivity contribution in [1.29, 1.82) is 0 Å². The molecule has 1 aromatic heterocycles. The number of rotatable bonds is 6. The number of aliphatic imine (C=N–C) groups is 1. The Morgan fingerprint density at radius 1 is 1.29 bits per heavy atom. The zero-order valence-electron chi connectivity index (χ0n) is 13.6. The molecule has 0 aliphatic heterocycles. The van der Waals surface area contributed by atoms with Crippen LogP contribution in [0.3, 0.4) is 0 Å². The number of benzene rings is 1. The van der Waals surface area contributed by atoms with E-state index >= 15 is 0 Å². The molecule has 0 amide bonds. The van der Waals surface area contributed by atoms with E-state index in [-0.39, 0.29) is 5.82 Å². The van der Waals surface area contributed by atoms with Gasteiger partial charge in [-0.1, -0.05) is 12.1 Å². The van der Waals surface area contributed by atoms with Crippen molar-refractivity contribution in [3.63, 3.8) is 0 Å². The van der Waals surface area contributed by atoms with Gasteiger partial charge in [-0.3, -0.25) is 4.99 Å². The van der Waals surface area contributed by atoms with Gasteiger partial charge < -0.3 is 15.4 Å². The topological polar surface area (TPSA) is 58.5 Å². The molecule has 6 heteroatoms. The summed E-state index contributed by atoms with van der Waals surface area (Å²) in [6.07, 6.45) is 4.34. The molecule has 5 nitrogen and oxygen atoms in total. The van der Waals surface area contributed by atoms with Crippen molar-refractivity contribution in [2.75, 3.05) is 13.6 Å². The molecule has 24 heavy (non-hydrogen) atoms. The number of hydrogen-bond donors (Lipinski definition) is 2. The van der Waals surface area contributed by atoms with E-state index in [4.69, 9.17) is 4.74 Å². The number of nitrogens with one attached hydrogen (secondary N) is 2. The predicted molar refractivity (Wildman–Crippen MR) is 91.6 cm³/mol. The van der Waals surface area contributed by atoms with Gasteiger partial charge in [0, 0.05) is 38.5 Å². The number of halogens is 1. The van der Waals surface area contributed by atoms with Gasteiger partial charge in [-0.05, 0) is 36.5 Å². The molecule has 0 radical (unpaired) electrons. The van der Waals surface area contributed by atoms with E-state index in [1.165, 1.54) is 25.0 Å². The van der Waals surface area contributed by atoms with Crippen LogP contribution in [0.15, 0.2) is 47.6 Å². The molecule has 0 bridgehead atoms. The van der Waals surface area contributed by atoms with Crippen LogP contribution < -0.4 is 15.4 Å². The van der Waals surface area contributed by atoms with E-state index in [2.05, 4.69) is 20.6 Å². The van der Waals surface area contributed by atoms with Gasteiger partial charge in [-0.15, -0.1) is 0 Å². The lowest BCUT2D eigenvalue weighted by molar-refractivity contribution is 0.457. The van der Waals surface area contributed by atoms with Crippen molar-refractivity contribution in [3.8, 4) is 11.6 Å². The average Bonchev–Trinajstić information content (AvgIpc) is 3.41. The second-order valence-electron chi connectivity index (χ2n) is 5.81. The van der Waals surface area contributed by atoms with Gasteiger partial charge >= 0.3 is 0 Å². The van der Waals surface area contributed by atoms with Gasteiger partial charge in [0.1, 0.15) is 11.6 Å². The number of pyridine rings is 1. The standard InChI is InChI=1S/C18H21FN4O/c1-20-18(22-10-13-5-6-13)23-12-14-7-8-17(21-11-14)24-16-4-2-3-15(19)9-16/h2-4,7-9,11,13H,5-6,10,12H2,1H3,(H2,20,22,23). The predicted octanol–water partition coefficient (Wildman–Crippen LogP) is 3.09. The monoisotopic (exact) mass is 328 g/mol. The first-order valence-corrected chi connectivity index (χ1v) is 8.06. The molecule has 126 valence electrons. The summed E-state index contributed by atoms with van der Waals surface area (Å²) < 4.78 is 18.7. The minimum absolute atomic E-state index is 0.335. The maximum Gasteiger partial charge on any atom is 0.219 e. The smallest absolute Gasteiger partial charge is 0.219 e. The van der Waals surface area contributed by atoms with E-state index in [9.17, 15) is 4.39 Å². The Morgan fingerprint density at radius 3 is 2.83 bits per heavy atom. The maximum absolute atomic E-state index is 13.1. The summed E-state index contributed by atoms with van der Waals surface area (Å²) in [7, 11) is 1.76. The van der Waals surface area contributed by atoms with Crippen LogP contribution in [-0.4, -0.2) is 24.5 Å². The summed E-state index contributed by atoms with van der Waals surface area (Å²) in [5.41, 5.74) is 1.01. The summed E-state index contributed by atoms with van der Waals surface area (Å²) in [6, 6.07) is 9.68. The van der Waals surface area contributed by atoms with Crippen LogP contribution >= 0.6 is 0 Å². The Bertz CT molecular complexity index is 698. The first kappa shape index (κ1) is 16.2. The fourth-order valence-corrected chi connectivity index (χ4v) is 2.20. The van der Waals surface area contributed by atoms with E-state index in [0.717, 1.165) is 24.0 Å². The molecule has 0 spiro atoms. The highest BCUT2D eigenvalue weighted by Crippen LogP contribution is 2.27. The van der Waals surface area contributed by atoms with Crippen LogP contribution in [0.4, 0.5) is 4.39 Å². The quantitative estimate of drug-likeness (QED) is 0.632. The highest BCUT2D eigenvalue weighted by molar-refractivity contribution is 5.79. The number of ether oxygens (including phenoxy) is 1. The summed E-state index contributed by atoms with van der Waals surface area (Å²) in [5.74, 6) is 2.11. The Balaban J connectivity index is 1.50. The van der Waals surface area contributed by atoms with Crippen LogP contribution in [0.5, 0.6) is 11.6 Å². The Labute approximate surface area is 141 Å². The van der Waals surface area contributed by atoms with E-state index in [1.807, 2.05) is 6.07 Å². The normalized spacial score (nSPS) is 14.3.